The van der Waals surface area contributed by atoms with Gasteiger partial charge in [0.05, 0.1) is 16.8 Å². The topological polar surface area (TPSA) is 58.4 Å². The molecule has 0 bridgehead atoms. The van der Waals surface area contributed by atoms with E-state index in [-0.39, 0.29) is 11.9 Å². The van der Waals surface area contributed by atoms with Crippen LogP contribution in [0.3, 0.4) is 0 Å². The van der Waals surface area contributed by atoms with E-state index in [1.807, 2.05) is 6.92 Å². The van der Waals surface area contributed by atoms with Crippen molar-refractivity contribution in [3.05, 3.63) is 23.2 Å². The highest BCUT2D eigenvalue weighted by atomic mass is 35.5. The van der Waals surface area contributed by atoms with Gasteiger partial charge in [-0.1, -0.05) is 24.9 Å². The Bertz CT molecular complexity index is 502. The minimum absolute atomic E-state index is 0.0251. The maximum atomic E-state index is 12.4. The van der Waals surface area contributed by atoms with E-state index in [9.17, 15) is 4.79 Å². The molecular formula is C16H24ClN3O. The molecule has 1 aliphatic carbocycles. The molecular weight excluding hydrogens is 286 g/mol. The van der Waals surface area contributed by atoms with Gasteiger partial charge in [0.15, 0.2) is 0 Å². The minimum atomic E-state index is -0.163. The summed E-state index contributed by atoms with van der Waals surface area (Å²) in [5.74, 6) is 0.725. The fourth-order valence-corrected chi connectivity index (χ4v) is 2.84. The van der Waals surface area contributed by atoms with Gasteiger partial charge in [-0.3, -0.25) is 9.69 Å². The van der Waals surface area contributed by atoms with Crippen molar-refractivity contribution in [2.75, 3.05) is 24.1 Å². The van der Waals surface area contributed by atoms with Crippen LogP contribution in [0.25, 0.3) is 0 Å². The van der Waals surface area contributed by atoms with Crippen LogP contribution in [0.15, 0.2) is 18.2 Å². The molecule has 116 valence electrons. The van der Waals surface area contributed by atoms with Gasteiger partial charge < -0.3 is 11.1 Å². The van der Waals surface area contributed by atoms with Gasteiger partial charge in [0.1, 0.15) is 0 Å². The first-order chi connectivity index (χ1) is 10.0. The smallest absolute Gasteiger partial charge is 0.241 e. The fraction of sp³-hybridized carbons (Fsp3) is 0.562. The van der Waals surface area contributed by atoms with Gasteiger partial charge in [-0.2, -0.15) is 0 Å². The maximum Gasteiger partial charge on any atom is 0.241 e. The van der Waals surface area contributed by atoms with Crippen molar-refractivity contribution in [1.29, 1.82) is 0 Å². The zero-order chi connectivity index (χ0) is 15.4. The van der Waals surface area contributed by atoms with E-state index in [1.165, 1.54) is 19.3 Å². The Morgan fingerprint density at radius 3 is 2.76 bits per heavy atom. The molecule has 1 saturated carbocycles. The van der Waals surface area contributed by atoms with E-state index in [4.69, 9.17) is 17.3 Å². The van der Waals surface area contributed by atoms with Crippen LogP contribution in [-0.4, -0.2) is 29.9 Å². The molecule has 0 radical (unpaired) electrons. The molecule has 0 spiro atoms. The van der Waals surface area contributed by atoms with Crippen LogP contribution in [0.2, 0.25) is 5.02 Å². The molecule has 1 unspecified atom stereocenters. The van der Waals surface area contributed by atoms with Crippen molar-refractivity contribution in [2.45, 2.75) is 39.2 Å². The molecule has 1 atom stereocenters. The first-order valence-electron chi connectivity index (χ1n) is 7.61. The second-order valence-electron chi connectivity index (χ2n) is 5.79. The lowest BCUT2D eigenvalue weighted by Gasteiger charge is -2.34. The second-order valence-corrected chi connectivity index (χ2v) is 6.20. The number of carbonyl (C=O) groups is 1. The van der Waals surface area contributed by atoms with Crippen molar-refractivity contribution < 1.29 is 4.79 Å². The van der Waals surface area contributed by atoms with E-state index >= 15 is 0 Å². The van der Waals surface area contributed by atoms with Gasteiger partial charge in [-0.05, 0) is 50.4 Å². The highest BCUT2D eigenvalue weighted by molar-refractivity contribution is 6.34. The predicted molar refractivity (Wildman–Crippen MR) is 88.5 cm³/mol. The first kappa shape index (κ1) is 16.1. The summed E-state index contributed by atoms with van der Waals surface area (Å²) in [5, 5.41) is 3.36. The van der Waals surface area contributed by atoms with Gasteiger partial charge >= 0.3 is 0 Å². The monoisotopic (exact) mass is 309 g/mol. The Kier molecular flexibility index (Phi) is 5.48. The number of hydrogen-bond donors (Lipinski definition) is 2. The molecule has 0 heterocycles. The van der Waals surface area contributed by atoms with E-state index in [0.717, 1.165) is 19.0 Å². The summed E-state index contributed by atoms with van der Waals surface area (Å²) in [4.78, 5) is 14.6. The van der Waals surface area contributed by atoms with Gasteiger partial charge in [0.25, 0.3) is 0 Å². The number of anilines is 2. The Morgan fingerprint density at radius 2 is 2.24 bits per heavy atom. The average Bonchev–Trinajstić information content (AvgIpc) is 2.40. The Morgan fingerprint density at radius 1 is 1.52 bits per heavy atom. The lowest BCUT2D eigenvalue weighted by Crippen LogP contribution is -2.45. The number of nitrogens with two attached hydrogens (primary N) is 1. The quantitative estimate of drug-likeness (QED) is 0.792. The van der Waals surface area contributed by atoms with Crippen molar-refractivity contribution in [3.63, 3.8) is 0 Å². The summed E-state index contributed by atoms with van der Waals surface area (Å²) in [6, 6.07) is 4.96. The fourth-order valence-electron chi connectivity index (χ4n) is 2.60. The van der Waals surface area contributed by atoms with Crippen LogP contribution in [0.5, 0.6) is 0 Å². The van der Waals surface area contributed by atoms with Gasteiger partial charge in [0.2, 0.25) is 5.91 Å². The van der Waals surface area contributed by atoms with Crippen LogP contribution >= 0.6 is 11.6 Å². The van der Waals surface area contributed by atoms with Crippen LogP contribution in [0.4, 0.5) is 11.4 Å². The SMILES string of the molecule is CCN(CC1CCC1)C(C)C(=O)Nc1ccc(N)cc1Cl. The third kappa shape index (κ3) is 4.11. The maximum absolute atomic E-state index is 12.4. The summed E-state index contributed by atoms with van der Waals surface area (Å²) in [5.41, 5.74) is 6.86. The minimum Gasteiger partial charge on any atom is -0.399 e. The van der Waals surface area contributed by atoms with Crippen molar-refractivity contribution in [3.8, 4) is 0 Å². The molecule has 1 aromatic carbocycles. The molecule has 0 aliphatic heterocycles. The zero-order valence-electron chi connectivity index (χ0n) is 12.7. The Labute approximate surface area is 131 Å². The number of nitrogen functional groups attached to an aromatic ring is 1. The molecule has 2 rings (SSSR count). The lowest BCUT2D eigenvalue weighted by atomic mass is 9.85. The van der Waals surface area contributed by atoms with Crippen molar-refractivity contribution >= 4 is 28.9 Å². The number of carbonyl (C=O) groups excluding carboxylic acids is 1. The molecule has 1 aliphatic rings. The number of nitrogens with zero attached hydrogens (tertiary/aromatic N) is 1. The largest absolute Gasteiger partial charge is 0.399 e. The zero-order valence-corrected chi connectivity index (χ0v) is 13.5. The summed E-state index contributed by atoms with van der Waals surface area (Å²) in [6.07, 6.45) is 3.90. The first-order valence-corrected chi connectivity index (χ1v) is 7.99. The van der Waals surface area contributed by atoms with Gasteiger partial charge in [0, 0.05) is 12.2 Å². The number of hydrogen-bond acceptors (Lipinski definition) is 3. The number of nitrogens with one attached hydrogen (secondary N) is 1. The molecule has 0 saturated heterocycles. The molecule has 3 N–H and O–H groups in total. The lowest BCUT2D eigenvalue weighted by molar-refractivity contribution is -0.121. The Balaban J connectivity index is 1.96. The summed E-state index contributed by atoms with van der Waals surface area (Å²) < 4.78 is 0. The summed E-state index contributed by atoms with van der Waals surface area (Å²) in [7, 11) is 0. The second kappa shape index (κ2) is 7.14. The van der Waals surface area contributed by atoms with E-state index in [2.05, 4.69) is 17.1 Å². The molecule has 5 heteroatoms. The van der Waals surface area contributed by atoms with Crippen LogP contribution in [0.1, 0.15) is 33.1 Å². The number of amides is 1. The predicted octanol–water partition coefficient (Wildman–Crippen LogP) is 3.37. The number of rotatable bonds is 6. The van der Waals surface area contributed by atoms with Crippen molar-refractivity contribution in [1.82, 2.24) is 4.90 Å². The Hall–Kier alpha value is -1.26. The van der Waals surface area contributed by atoms with Crippen molar-refractivity contribution in [2.24, 2.45) is 5.92 Å². The van der Waals surface area contributed by atoms with E-state index in [0.29, 0.717) is 16.4 Å². The molecule has 1 amide bonds. The number of benzene rings is 1. The standard InChI is InChI=1S/C16H24ClN3O/c1-3-20(10-12-5-4-6-12)11(2)16(21)19-15-8-7-13(18)9-14(15)17/h7-9,11-12H,3-6,10,18H2,1-2H3,(H,19,21). The normalized spacial score (nSPS) is 16.6. The number of halogens is 1. The molecule has 0 aromatic heterocycles. The van der Waals surface area contributed by atoms with Gasteiger partial charge in [-0.15, -0.1) is 0 Å². The van der Waals surface area contributed by atoms with E-state index < -0.39 is 0 Å². The third-order valence-electron chi connectivity index (χ3n) is 4.30. The highest BCUT2D eigenvalue weighted by Gasteiger charge is 2.26. The number of likely N-dealkylation sites (N-methyl/N-ethyl adjacent to an activating group) is 1. The van der Waals surface area contributed by atoms with E-state index in [1.54, 1.807) is 18.2 Å². The van der Waals surface area contributed by atoms with Crippen LogP contribution in [-0.2, 0) is 4.79 Å². The molecule has 1 aromatic rings. The average molecular weight is 310 g/mol. The summed E-state index contributed by atoms with van der Waals surface area (Å²) in [6.45, 7) is 5.92. The van der Waals surface area contributed by atoms with Crippen LogP contribution in [0, 0.1) is 5.92 Å². The summed E-state index contributed by atoms with van der Waals surface area (Å²) >= 11 is 6.10. The molecule has 21 heavy (non-hydrogen) atoms. The molecule has 1 fully saturated rings. The molecule has 4 nitrogen and oxygen atoms in total. The third-order valence-corrected chi connectivity index (χ3v) is 4.61. The highest BCUT2D eigenvalue weighted by Crippen LogP contribution is 2.28. The van der Waals surface area contributed by atoms with Gasteiger partial charge in [-0.25, -0.2) is 0 Å². The van der Waals surface area contributed by atoms with Crippen LogP contribution < -0.4 is 11.1 Å².